The van der Waals surface area contributed by atoms with Crippen molar-refractivity contribution in [3.8, 4) is 0 Å². The molecule has 0 spiro atoms. The third-order valence-corrected chi connectivity index (χ3v) is 4.33. The molecule has 0 aromatic heterocycles. The van der Waals surface area contributed by atoms with E-state index in [4.69, 9.17) is 0 Å². The topological polar surface area (TPSA) is 41.1 Å². The molecular weight excluding hydrogens is 248 g/mol. The van der Waals surface area contributed by atoms with E-state index in [1.807, 2.05) is 7.05 Å². The summed E-state index contributed by atoms with van der Waals surface area (Å²) in [7, 11) is 1.92. The van der Waals surface area contributed by atoms with Gasteiger partial charge in [0.1, 0.15) is 0 Å². The quantitative estimate of drug-likeness (QED) is 0.715. The molecule has 110 valence electrons. The number of hydrogen-bond acceptors (Lipinski definition) is 2. The minimum absolute atomic E-state index is 0.194. The highest BCUT2D eigenvalue weighted by atomic mass is 16.1. The molecule has 1 saturated carbocycles. The van der Waals surface area contributed by atoms with Crippen LogP contribution in [-0.2, 0) is 11.2 Å². The summed E-state index contributed by atoms with van der Waals surface area (Å²) in [6.07, 6.45) is 6.39. The molecule has 0 radical (unpaired) electrons. The van der Waals surface area contributed by atoms with Crippen molar-refractivity contribution < 1.29 is 4.79 Å². The summed E-state index contributed by atoms with van der Waals surface area (Å²) in [5.74, 6) is 0.194. The predicted octanol–water partition coefficient (Wildman–Crippen LogP) is 2.52. The third-order valence-electron chi connectivity index (χ3n) is 4.33. The van der Waals surface area contributed by atoms with Crippen molar-refractivity contribution in [3.63, 3.8) is 0 Å². The average molecular weight is 274 g/mol. The number of amides is 1. The van der Waals surface area contributed by atoms with E-state index in [-0.39, 0.29) is 5.91 Å². The molecule has 1 fully saturated rings. The Bertz CT molecular complexity index is 412. The van der Waals surface area contributed by atoms with Gasteiger partial charge in [0.2, 0.25) is 5.91 Å². The molecule has 1 aromatic rings. The molecule has 3 nitrogen and oxygen atoms in total. The van der Waals surface area contributed by atoms with Gasteiger partial charge in [-0.2, -0.15) is 0 Å². The van der Waals surface area contributed by atoms with Crippen molar-refractivity contribution in [2.45, 2.75) is 38.5 Å². The van der Waals surface area contributed by atoms with Crippen LogP contribution in [-0.4, -0.2) is 26.0 Å². The lowest BCUT2D eigenvalue weighted by Crippen LogP contribution is -2.43. The second-order valence-corrected chi connectivity index (χ2v) is 6.00. The molecule has 1 aliphatic rings. The van der Waals surface area contributed by atoms with Crippen molar-refractivity contribution in [3.05, 3.63) is 35.9 Å². The van der Waals surface area contributed by atoms with Gasteiger partial charge in [-0.15, -0.1) is 0 Å². The Labute approximate surface area is 122 Å². The molecular formula is C17H26N2O. The number of nitrogens with one attached hydrogen (secondary N) is 2. The number of carbonyl (C=O) groups excluding carboxylic acids is 1. The first-order chi connectivity index (χ1) is 9.74. The van der Waals surface area contributed by atoms with Gasteiger partial charge in [-0.25, -0.2) is 0 Å². The van der Waals surface area contributed by atoms with Gasteiger partial charge < -0.3 is 10.6 Å². The molecule has 2 rings (SSSR count). The molecule has 0 atom stereocenters. The van der Waals surface area contributed by atoms with Crippen LogP contribution in [0, 0.1) is 5.41 Å². The van der Waals surface area contributed by atoms with Gasteiger partial charge in [-0.1, -0.05) is 36.8 Å². The third kappa shape index (κ3) is 4.34. The lowest BCUT2D eigenvalue weighted by atomic mass is 9.65. The van der Waals surface area contributed by atoms with Crippen molar-refractivity contribution in [2.24, 2.45) is 5.41 Å². The molecule has 20 heavy (non-hydrogen) atoms. The predicted molar refractivity (Wildman–Crippen MR) is 82.6 cm³/mol. The van der Waals surface area contributed by atoms with E-state index in [1.165, 1.54) is 24.8 Å². The van der Waals surface area contributed by atoms with E-state index in [9.17, 15) is 4.79 Å². The summed E-state index contributed by atoms with van der Waals surface area (Å²) < 4.78 is 0. The molecule has 0 unspecified atom stereocenters. The molecule has 1 aromatic carbocycles. The minimum Gasteiger partial charge on any atom is -0.356 e. The number of carbonyl (C=O) groups is 1. The van der Waals surface area contributed by atoms with Gasteiger partial charge >= 0.3 is 0 Å². The second kappa shape index (κ2) is 7.44. The van der Waals surface area contributed by atoms with Gasteiger partial charge in [0, 0.05) is 13.0 Å². The number of rotatable bonds is 8. The summed E-state index contributed by atoms with van der Waals surface area (Å²) in [5, 5.41) is 6.21. The zero-order chi connectivity index (χ0) is 14.3. The molecule has 0 saturated heterocycles. The van der Waals surface area contributed by atoms with Crippen LogP contribution in [0.4, 0.5) is 0 Å². The van der Waals surface area contributed by atoms with E-state index in [2.05, 4.69) is 41.0 Å². The second-order valence-electron chi connectivity index (χ2n) is 6.00. The Balaban J connectivity index is 1.78. The van der Waals surface area contributed by atoms with E-state index in [0.717, 1.165) is 25.9 Å². The van der Waals surface area contributed by atoms with E-state index in [1.54, 1.807) is 0 Å². The molecule has 2 N–H and O–H groups in total. The van der Waals surface area contributed by atoms with Crippen LogP contribution < -0.4 is 10.6 Å². The lowest BCUT2D eigenvalue weighted by molar-refractivity contribution is -0.122. The molecule has 3 heteroatoms. The number of hydrogen-bond donors (Lipinski definition) is 2. The molecule has 0 bridgehead atoms. The SMILES string of the molecule is CNCCCC(=O)NCC1(Cc2ccccc2)CCC1. The molecule has 1 aliphatic carbocycles. The van der Waals surface area contributed by atoms with Crippen molar-refractivity contribution in [1.29, 1.82) is 0 Å². The Morgan fingerprint density at radius 1 is 1.25 bits per heavy atom. The van der Waals surface area contributed by atoms with Crippen LogP contribution in [0.25, 0.3) is 0 Å². The van der Waals surface area contributed by atoms with Crippen LogP contribution in [0.15, 0.2) is 30.3 Å². The van der Waals surface area contributed by atoms with Gasteiger partial charge in [0.05, 0.1) is 0 Å². The maximum absolute atomic E-state index is 11.8. The van der Waals surface area contributed by atoms with Gasteiger partial charge in [0.25, 0.3) is 0 Å². The van der Waals surface area contributed by atoms with Crippen LogP contribution >= 0.6 is 0 Å². The highest BCUT2D eigenvalue weighted by molar-refractivity contribution is 5.75. The monoisotopic (exact) mass is 274 g/mol. The fraction of sp³-hybridized carbons (Fsp3) is 0.588. The zero-order valence-corrected chi connectivity index (χ0v) is 12.5. The van der Waals surface area contributed by atoms with Crippen LogP contribution in [0.3, 0.4) is 0 Å². The Morgan fingerprint density at radius 3 is 2.60 bits per heavy atom. The summed E-state index contributed by atoms with van der Waals surface area (Å²) >= 11 is 0. The highest BCUT2D eigenvalue weighted by Gasteiger charge is 2.37. The van der Waals surface area contributed by atoms with E-state index >= 15 is 0 Å². The lowest BCUT2D eigenvalue weighted by Gasteiger charge is -2.42. The fourth-order valence-electron chi connectivity index (χ4n) is 2.92. The number of benzene rings is 1. The van der Waals surface area contributed by atoms with E-state index in [0.29, 0.717) is 11.8 Å². The standard InChI is InChI=1S/C17H26N2O/c1-18-12-5-9-16(20)19-14-17(10-6-11-17)13-15-7-3-2-4-8-15/h2-4,7-8,18H,5-6,9-14H2,1H3,(H,19,20). The molecule has 0 aliphatic heterocycles. The highest BCUT2D eigenvalue weighted by Crippen LogP contribution is 2.43. The van der Waals surface area contributed by atoms with E-state index < -0.39 is 0 Å². The van der Waals surface area contributed by atoms with Crippen LogP contribution in [0.5, 0.6) is 0 Å². The Hall–Kier alpha value is -1.35. The maximum Gasteiger partial charge on any atom is 0.220 e. The van der Waals surface area contributed by atoms with Crippen molar-refractivity contribution >= 4 is 5.91 Å². The molecule has 1 amide bonds. The zero-order valence-electron chi connectivity index (χ0n) is 12.5. The summed E-state index contributed by atoms with van der Waals surface area (Å²) in [6, 6.07) is 10.6. The fourth-order valence-corrected chi connectivity index (χ4v) is 2.92. The smallest absolute Gasteiger partial charge is 0.220 e. The summed E-state index contributed by atoms with van der Waals surface area (Å²) in [6.45, 7) is 1.74. The Morgan fingerprint density at radius 2 is 2.00 bits per heavy atom. The first kappa shape index (κ1) is 15.0. The minimum atomic E-state index is 0.194. The summed E-state index contributed by atoms with van der Waals surface area (Å²) in [5.41, 5.74) is 1.69. The molecule has 0 heterocycles. The van der Waals surface area contributed by atoms with Crippen molar-refractivity contribution in [1.82, 2.24) is 10.6 Å². The van der Waals surface area contributed by atoms with Crippen molar-refractivity contribution in [2.75, 3.05) is 20.1 Å². The average Bonchev–Trinajstić information content (AvgIpc) is 2.43. The van der Waals surface area contributed by atoms with Gasteiger partial charge in [0.15, 0.2) is 0 Å². The normalized spacial score (nSPS) is 16.4. The maximum atomic E-state index is 11.8. The first-order valence-electron chi connectivity index (χ1n) is 7.69. The summed E-state index contributed by atoms with van der Waals surface area (Å²) in [4.78, 5) is 11.8. The first-order valence-corrected chi connectivity index (χ1v) is 7.69. The van der Waals surface area contributed by atoms with Crippen LogP contribution in [0.1, 0.15) is 37.7 Å². The largest absolute Gasteiger partial charge is 0.356 e. The van der Waals surface area contributed by atoms with Crippen LogP contribution in [0.2, 0.25) is 0 Å². The Kier molecular flexibility index (Phi) is 5.60. The van der Waals surface area contributed by atoms with Gasteiger partial charge in [-0.3, -0.25) is 4.79 Å². The van der Waals surface area contributed by atoms with Gasteiger partial charge in [-0.05, 0) is 50.3 Å².